The van der Waals surface area contributed by atoms with Crippen molar-refractivity contribution in [1.82, 2.24) is 10.6 Å². The largest absolute Gasteiger partial charge is 0.360 e. The molecule has 5 nitrogen and oxygen atoms in total. The van der Waals surface area contributed by atoms with E-state index in [0.717, 1.165) is 11.3 Å². The maximum Gasteiger partial charge on any atom is 0.277 e. The van der Waals surface area contributed by atoms with Crippen LogP contribution in [0.3, 0.4) is 0 Å². The number of nitrogens with one attached hydrogen (secondary N) is 1. The van der Waals surface area contributed by atoms with Gasteiger partial charge in [-0.1, -0.05) is 35.5 Å². The molecule has 5 heteroatoms. The molecule has 1 aromatic heterocycles. The van der Waals surface area contributed by atoms with Crippen molar-refractivity contribution < 1.29 is 9.32 Å². The number of aromatic nitrogens is 1. The van der Waals surface area contributed by atoms with Crippen molar-refractivity contribution in [3.05, 3.63) is 41.7 Å². The van der Waals surface area contributed by atoms with Crippen LogP contribution in [0.15, 0.2) is 40.0 Å². The van der Waals surface area contributed by atoms with Gasteiger partial charge in [0.1, 0.15) is 17.0 Å². The first-order valence-electron chi connectivity index (χ1n) is 5.92. The smallest absolute Gasteiger partial charge is 0.277 e. The Morgan fingerprint density at radius 3 is 2.58 bits per heavy atom. The van der Waals surface area contributed by atoms with E-state index in [0.29, 0.717) is 17.0 Å². The van der Waals surface area contributed by atoms with Crippen LogP contribution in [0, 0.1) is 6.92 Å². The molecule has 0 aliphatic rings. The van der Waals surface area contributed by atoms with Crippen molar-refractivity contribution >= 4 is 11.6 Å². The molecular weight excluding hydrogens is 242 g/mol. The van der Waals surface area contributed by atoms with E-state index in [9.17, 15) is 4.79 Å². The Balaban J connectivity index is 2.38. The van der Waals surface area contributed by atoms with Crippen LogP contribution in [0.25, 0.3) is 11.3 Å². The molecule has 0 spiro atoms. The monoisotopic (exact) mass is 257 g/mol. The van der Waals surface area contributed by atoms with Gasteiger partial charge in [0.25, 0.3) is 5.91 Å². The summed E-state index contributed by atoms with van der Waals surface area (Å²) >= 11 is 0. The normalized spacial score (nSPS) is 10.1. The van der Waals surface area contributed by atoms with Crippen molar-refractivity contribution in [1.29, 1.82) is 0 Å². The molecule has 0 unspecified atom stereocenters. The summed E-state index contributed by atoms with van der Waals surface area (Å²) in [6.45, 7) is 5.31. The quantitative estimate of drug-likeness (QED) is 0.679. The average molecular weight is 257 g/mol. The lowest BCUT2D eigenvalue weighted by molar-refractivity contribution is 0.0954. The van der Waals surface area contributed by atoms with Gasteiger partial charge in [-0.05, 0) is 20.8 Å². The third-order valence-corrected chi connectivity index (χ3v) is 2.52. The lowest BCUT2D eigenvalue weighted by atomic mass is 10.1. The van der Waals surface area contributed by atoms with E-state index < -0.39 is 0 Å². The van der Waals surface area contributed by atoms with Crippen LogP contribution in [0.5, 0.6) is 0 Å². The fraction of sp³-hybridized carbons (Fsp3) is 0.214. The molecule has 1 N–H and O–H groups in total. The van der Waals surface area contributed by atoms with E-state index in [1.54, 1.807) is 20.8 Å². The summed E-state index contributed by atoms with van der Waals surface area (Å²) in [4.78, 5) is 12.1. The lowest BCUT2D eigenvalue weighted by Gasteiger charge is -2.01. The van der Waals surface area contributed by atoms with Crippen molar-refractivity contribution in [2.45, 2.75) is 20.8 Å². The zero-order valence-corrected chi connectivity index (χ0v) is 11.1. The van der Waals surface area contributed by atoms with E-state index in [4.69, 9.17) is 4.52 Å². The van der Waals surface area contributed by atoms with Crippen LogP contribution in [0.1, 0.15) is 30.0 Å². The summed E-state index contributed by atoms with van der Waals surface area (Å²) < 4.78 is 5.12. The van der Waals surface area contributed by atoms with Gasteiger partial charge in [-0.15, -0.1) is 0 Å². The number of carbonyl (C=O) groups excluding carboxylic acids is 1. The van der Waals surface area contributed by atoms with Crippen molar-refractivity contribution in [2.75, 3.05) is 0 Å². The number of benzene rings is 1. The van der Waals surface area contributed by atoms with Gasteiger partial charge < -0.3 is 4.52 Å². The summed E-state index contributed by atoms with van der Waals surface area (Å²) in [6.07, 6.45) is 0. The van der Waals surface area contributed by atoms with E-state index in [-0.39, 0.29) is 5.91 Å². The van der Waals surface area contributed by atoms with Crippen LogP contribution in [0.2, 0.25) is 0 Å². The van der Waals surface area contributed by atoms with Gasteiger partial charge >= 0.3 is 0 Å². The van der Waals surface area contributed by atoms with Crippen molar-refractivity contribution in [2.24, 2.45) is 5.10 Å². The zero-order chi connectivity index (χ0) is 13.8. The van der Waals surface area contributed by atoms with Gasteiger partial charge in [0.15, 0.2) is 0 Å². The molecule has 98 valence electrons. The number of hydrogen-bond acceptors (Lipinski definition) is 4. The first-order chi connectivity index (χ1) is 9.09. The van der Waals surface area contributed by atoms with E-state index >= 15 is 0 Å². The second-order valence-electron chi connectivity index (χ2n) is 4.33. The Morgan fingerprint density at radius 1 is 1.26 bits per heavy atom. The van der Waals surface area contributed by atoms with Crippen LogP contribution in [0.4, 0.5) is 0 Å². The highest BCUT2D eigenvalue weighted by molar-refractivity contribution is 6.01. The lowest BCUT2D eigenvalue weighted by Crippen LogP contribution is -2.19. The fourth-order valence-corrected chi connectivity index (χ4v) is 1.65. The van der Waals surface area contributed by atoms with E-state index in [2.05, 4.69) is 15.7 Å². The molecule has 2 rings (SSSR count). The van der Waals surface area contributed by atoms with Crippen LogP contribution < -0.4 is 5.43 Å². The van der Waals surface area contributed by atoms with Gasteiger partial charge in [0.05, 0.1) is 0 Å². The molecule has 0 radical (unpaired) electrons. The molecule has 0 atom stereocenters. The third-order valence-electron chi connectivity index (χ3n) is 2.52. The minimum atomic E-state index is -0.321. The number of amides is 1. The molecule has 1 aromatic carbocycles. The second kappa shape index (κ2) is 5.48. The Hall–Kier alpha value is -2.43. The van der Waals surface area contributed by atoms with Crippen molar-refractivity contribution in [3.8, 4) is 11.3 Å². The predicted octanol–water partition coefficient (Wildman–Crippen LogP) is 2.78. The van der Waals surface area contributed by atoms with Gasteiger partial charge in [0.2, 0.25) is 0 Å². The maximum absolute atomic E-state index is 12.1. The Bertz CT molecular complexity index is 611. The first-order valence-corrected chi connectivity index (χ1v) is 5.92. The number of carbonyl (C=O) groups is 1. The number of rotatable bonds is 3. The van der Waals surface area contributed by atoms with E-state index in [1.165, 1.54) is 0 Å². The zero-order valence-electron chi connectivity index (χ0n) is 11.1. The first kappa shape index (κ1) is 13.0. The summed E-state index contributed by atoms with van der Waals surface area (Å²) in [5.41, 5.74) is 5.03. The van der Waals surface area contributed by atoms with Crippen LogP contribution >= 0.6 is 0 Å². The minimum Gasteiger partial charge on any atom is -0.360 e. The molecular formula is C14H15N3O2. The molecule has 2 aromatic rings. The second-order valence-corrected chi connectivity index (χ2v) is 4.33. The molecule has 0 saturated carbocycles. The van der Waals surface area contributed by atoms with Gasteiger partial charge in [-0.3, -0.25) is 4.79 Å². The SMILES string of the molecule is CC(C)=NNC(=O)c1c(-c2ccccc2)noc1C. The highest BCUT2D eigenvalue weighted by Crippen LogP contribution is 2.24. The maximum atomic E-state index is 12.1. The Labute approximate surface area is 111 Å². The number of aryl methyl sites for hydroxylation is 1. The molecule has 1 amide bonds. The molecule has 1 heterocycles. The average Bonchev–Trinajstić information content (AvgIpc) is 2.79. The van der Waals surface area contributed by atoms with Gasteiger partial charge in [0, 0.05) is 11.3 Å². The van der Waals surface area contributed by atoms with Crippen LogP contribution in [-0.2, 0) is 0 Å². The van der Waals surface area contributed by atoms with E-state index in [1.807, 2.05) is 30.3 Å². The van der Waals surface area contributed by atoms with Gasteiger partial charge in [-0.25, -0.2) is 5.43 Å². The Kier molecular flexibility index (Phi) is 3.75. The highest BCUT2D eigenvalue weighted by atomic mass is 16.5. The minimum absolute atomic E-state index is 0.321. The summed E-state index contributed by atoms with van der Waals surface area (Å²) in [5.74, 6) is 0.152. The molecule has 0 saturated heterocycles. The number of hydrazone groups is 1. The standard InChI is InChI=1S/C14H15N3O2/c1-9(2)15-16-14(18)12-10(3)19-17-13(12)11-7-5-4-6-8-11/h4-8H,1-3H3,(H,16,18). The fourth-order valence-electron chi connectivity index (χ4n) is 1.65. The third kappa shape index (κ3) is 2.88. The molecule has 0 aliphatic heterocycles. The molecule has 19 heavy (non-hydrogen) atoms. The molecule has 0 fully saturated rings. The topological polar surface area (TPSA) is 67.5 Å². The summed E-state index contributed by atoms with van der Waals surface area (Å²) in [6, 6.07) is 9.43. The molecule has 0 bridgehead atoms. The highest BCUT2D eigenvalue weighted by Gasteiger charge is 2.21. The van der Waals surface area contributed by atoms with Gasteiger partial charge in [-0.2, -0.15) is 5.10 Å². The number of hydrogen-bond donors (Lipinski definition) is 1. The van der Waals surface area contributed by atoms with Crippen LogP contribution in [-0.4, -0.2) is 16.8 Å². The predicted molar refractivity (Wildman–Crippen MR) is 72.9 cm³/mol. The Morgan fingerprint density at radius 2 is 1.95 bits per heavy atom. The molecule has 0 aliphatic carbocycles. The summed E-state index contributed by atoms with van der Waals surface area (Å²) in [5, 5.41) is 7.85. The van der Waals surface area contributed by atoms with Crippen molar-refractivity contribution in [3.63, 3.8) is 0 Å². The number of nitrogens with zero attached hydrogens (tertiary/aromatic N) is 2. The summed E-state index contributed by atoms with van der Waals surface area (Å²) in [7, 11) is 0.